The number of nitrogens with zero attached hydrogens (tertiary/aromatic N) is 2. The first-order valence-electron chi connectivity index (χ1n) is 7.07. The van der Waals surface area contributed by atoms with E-state index in [2.05, 4.69) is 41.1 Å². The normalized spacial score (nSPS) is 20.8. The minimum absolute atomic E-state index is 0.597. The summed E-state index contributed by atoms with van der Waals surface area (Å²) in [5.74, 6) is 0. The fraction of sp³-hybridized carbons (Fsp3) is 0.600. The minimum atomic E-state index is 0.597. The second-order valence-electron chi connectivity index (χ2n) is 5.23. The molecule has 0 aromatic heterocycles. The van der Waals surface area contributed by atoms with Gasteiger partial charge in [0.2, 0.25) is 0 Å². The number of nitrogens with one attached hydrogen (secondary N) is 1. The Morgan fingerprint density at radius 2 is 2.16 bits per heavy atom. The molecular formula is C15H24ClN3. The Morgan fingerprint density at radius 1 is 1.37 bits per heavy atom. The Kier molecular flexibility index (Phi) is 5.08. The quantitative estimate of drug-likeness (QED) is 0.915. The molecule has 106 valence electrons. The molecule has 1 aliphatic rings. The molecule has 0 radical (unpaired) electrons. The van der Waals surface area contributed by atoms with E-state index in [0.717, 1.165) is 37.7 Å². The lowest BCUT2D eigenvalue weighted by Gasteiger charge is -2.41. The molecule has 1 saturated heterocycles. The highest BCUT2D eigenvalue weighted by atomic mass is 35.5. The molecule has 1 N–H and O–H groups in total. The topological polar surface area (TPSA) is 18.5 Å². The van der Waals surface area contributed by atoms with Crippen molar-refractivity contribution in [2.45, 2.75) is 26.4 Å². The van der Waals surface area contributed by atoms with Crippen LogP contribution in [0.5, 0.6) is 0 Å². The van der Waals surface area contributed by atoms with Gasteiger partial charge in [-0.3, -0.25) is 4.90 Å². The third-order valence-corrected chi connectivity index (χ3v) is 4.16. The van der Waals surface area contributed by atoms with Gasteiger partial charge in [0.25, 0.3) is 0 Å². The number of anilines is 1. The van der Waals surface area contributed by atoms with Crippen molar-refractivity contribution in [2.75, 3.05) is 38.1 Å². The van der Waals surface area contributed by atoms with E-state index in [-0.39, 0.29) is 0 Å². The van der Waals surface area contributed by atoms with E-state index in [0.29, 0.717) is 6.04 Å². The maximum Gasteiger partial charge on any atom is 0.0427 e. The summed E-state index contributed by atoms with van der Waals surface area (Å²) in [6.45, 7) is 9.84. The first-order valence-corrected chi connectivity index (χ1v) is 7.45. The monoisotopic (exact) mass is 281 g/mol. The third kappa shape index (κ3) is 3.41. The summed E-state index contributed by atoms with van der Waals surface area (Å²) in [6, 6.07) is 6.80. The maximum absolute atomic E-state index is 6.17. The third-order valence-electron chi connectivity index (χ3n) is 3.93. The van der Waals surface area contributed by atoms with Gasteiger partial charge in [-0.05, 0) is 38.2 Å². The summed E-state index contributed by atoms with van der Waals surface area (Å²) in [5.41, 5.74) is 2.61. The molecule has 4 heteroatoms. The molecule has 0 amide bonds. The summed E-state index contributed by atoms with van der Waals surface area (Å²) in [7, 11) is 1.98. The van der Waals surface area contributed by atoms with Crippen LogP contribution in [0.25, 0.3) is 0 Å². The van der Waals surface area contributed by atoms with Crippen LogP contribution in [-0.2, 0) is 6.54 Å². The average Bonchev–Trinajstić information content (AvgIpc) is 2.41. The van der Waals surface area contributed by atoms with Crippen LogP contribution < -0.4 is 10.2 Å². The first-order chi connectivity index (χ1) is 9.15. The molecular weight excluding hydrogens is 258 g/mol. The largest absolute Gasteiger partial charge is 0.368 e. The molecule has 1 heterocycles. The molecule has 19 heavy (non-hydrogen) atoms. The van der Waals surface area contributed by atoms with Crippen LogP contribution in [0.1, 0.15) is 19.4 Å². The maximum atomic E-state index is 6.17. The van der Waals surface area contributed by atoms with Gasteiger partial charge in [0.15, 0.2) is 0 Å². The summed E-state index contributed by atoms with van der Waals surface area (Å²) in [5, 5.41) is 4.05. The van der Waals surface area contributed by atoms with Crippen molar-refractivity contribution < 1.29 is 0 Å². The molecule has 1 atom stereocenters. The number of hydrogen-bond acceptors (Lipinski definition) is 3. The number of piperazine rings is 1. The van der Waals surface area contributed by atoms with E-state index in [1.165, 1.54) is 11.3 Å². The molecule has 1 fully saturated rings. The first kappa shape index (κ1) is 14.6. The van der Waals surface area contributed by atoms with E-state index in [4.69, 9.17) is 11.6 Å². The fourth-order valence-electron chi connectivity index (χ4n) is 2.86. The van der Waals surface area contributed by atoms with E-state index < -0.39 is 0 Å². The summed E-state index contributed by atoms with van der Waals surface area (Å²) in [4.78, 5) is 4.99. The zero-order valence-corrected chi connectivity index (χ0v) is 12.9. The summed E-state index contributed by atoms with van der Waals surface area (Å²) >= 11 is 6.17. The van der Waals surface area contributed by atoms with Gasteiger partial charge in [0.05, 0.1) is 0 Å². The number of rotatable bonds is 4. The molecule has 1 unspecified atom stereocenters. The Bertz CT molecular complexity index is 422. The Hall–Kier alpha value is -0.770. The van der Waals surface area contributed by atoms with Gasteiger partial charge in [-0.25, -0.2) is 0 Å². The van der Waals surface area contributed by atoms with Crippen LogP contribution in [0.2, 0.25) is 5.02 Å². The molecule has 0 saturated carbocycles. The smallest absolute Gasteiger partial charge is 0.0427 e. The number of hydrogen-bond donors (Lipinski definition) is 1. The lowest BCUT2D eigenvalue weighted by atomic mass is 10.1. The fourth-order valence-corrected chi connectivity index (χ4v) is 3.02. The van der Waals surface area contributed by atoms with Gasteiger partial charge < -0.3 is 10.2 Å². The van der Waals surface area contributed by atoms with Gasteiger partial charge in [-0.2, -0.15) is 0 Å². The van der Waals surface area contributed by atoms with E-state index in [1.54, 1.807) is 0 Å². The highest BCUT2D eigenvalue weighted by Crippen LogP contribution is 2.27. The second kappa shape index (κ2) is 6.60. The Morgan fingerprint density at radius 3 is 2.79 bits per heavy atom. The van der Waals surface area contributed by atoms with Gasteiger partial charge in [0.1, 0.15) is 0 Å². The molecule has 2 rings (SSSR count). The number of benzene rings is 1. The number of likely N-dealkylation sites (N-methyl/N-ethyl adjacent to an activating group) is 1. The van der Waals surface area contributed by atoms with Crippen LogP contribution in [0.15, 0.2) is 18.2 Å². The average molecular weight is 282 g/mol. The lowest BCUT2D eigenvalue weighted by molar-refractivity contribution is 0.199. The predicted octanol–water partition coefficient (Wildman–Crippen LogP) is 2.59. The van der Waals surface area contributed by atoms with Crippen molar-refractivity contribution in [1.29, 1.82) is 0 Å². The van der Waals surface area contributed by atoms with Crippen molar-refractivity contribution >= 4 is 17.3 Å². The van der Waals surface area contributed by atoms with Crippen molar-refractivity contribution in [1.82, 2.24) is 10.2 Å². The molecule has 3 nitrogen and oxygen atoms in total. The van der Waals surface area contributed by atoms with Crippen molar-refractivity contribution in [2.24, 2.45) is 0 Å². The predicted molar refractivity (Wildman–Crippen MR) is 83.1 cm³/mol. The van der Waals surface area contributed by atoms with Crippen LogP contribution in [0, 0.1) is 0 Å². The molecule has 0 bridgehead atoms. The highest BCUT2D eigenvalue weighted by Gasteiger charge is 2.23. The zero-order valence-electron chi connectivity index (χ0n) is 12.1. The number of halogens is 1. The molecule has 1 aliphatic heterocycles. The summed E-state index contributed by atoms with van der Waals surface area (Å²) < 4.78 is 0. The van der Waals surface area contributed by atoms with Crippen molar-refractivity contribution in [3.63, 3.8) is 0 Å². The molecule has 0 spiro atoms. The SMILES string of the molecule is CCN1CCN(c2cc(Cl)ccc2CNC)CC1C. The van der Waals surface area contributed by atoms with Crippen LogP contribution in [-0.4, -0.2) is 44.2 Å². The molecule has 0 aliphatic carbocycles. The minimum Gasteiger partial charge on any atom is -0.368 e. The van der Waals surface area contributed by atoms with Gasteiger partial charge in [0, 0.05) is 42.9 Å². The van der Waals surface area contributed by atoms with Gasteiger partial charge >= 0.3 is 0 Å². The van der Waals surface area contributed by atoms with Gasteiger partial charge in [-0.1, -0.05) is 24.6 Å². The van der Waals surface area contributed by atoms with Crippen LogP contribution >= 0.6 is 11.6 Å². The van der Waals surface area contributed by atoms with Gasteiger partial charge in [-0.15, -0.1) is 0 Å². The highest BCUT2D eigenvalue weighted by molar-refractivity contribution is 6.30. The van der Waals surface area contributed by atoms with E-state index in [9.17, 15) is 0 Å². The Balaban J connectivity index is 2.19. The van der Waals surface area contributed by atoms with E-state index in [1.807, 2.05) is 13.1 Å². The zero-order chi connectivity index (χ0) is 13.8. The second-order valence-corrected chi connectivity index (χ2v) is 5.66. The van der Waals surface area contributed by atoms with Crippen LogP contribution in [0.3, 0.4) is 0 Å². The molecule has 1 aromatic carbocycles. The summed E-state index contributed by atoms with van der Waals surface area (Å²) in [6.07, 6.45) is 0. The van der Waals surface area contributed by atoms with Crippen LogP contribution in [0.4, 0.5) is 5.69 Å². The van der Waals surface area contributed by atoms with Crippen molar-refractivity contribution in [3.8, 4) is 0 Å². The standard InChI is InChI=1S/C15H24ClN3/c1-4-18-7-8-19(11-12(18)2)15-9-14(16)6-5-13(15)10-17-3/h5-6,9,12,17H,4,7-8,10-11H2,1-3H3. The molecule has 1 aromatic rings. The lowest BCUT2D eigenvalue weighted by Crippen LogP contribution is -2.52. The van der Waals surface area contributed by atoms with E-state index >= 15 is 0 Å². The van der Waals surface area contributed by atoms with Crippen molar-refractivity contribution in [3.05, 3.63) is 28.8 Å². The Labute approximate surface area is 121 Å².